The molecule has 2 N–H and O–H groups in total. The molecular formula is C21H28O3. The van der Waals surface area contributed by atoms with E-state index in [-0.39, 0.29) is 11.2 Å². The fourth-order valence-corrected chi connectivity index (χ4v) is 6.96. The number of ketones is 1. The van der Waals surface area contributed by atoms with Gasteiger partial charge in [-0.2, -0.15) is 0 Å². The van der Waals surface area contributed by atoms with Crippen LogP contribution in [0.2, 0.25) is 0 Å². The largest absolute Gasteiger partial charge is 0.389 e. The van der Waals surface area contributed by atoms with Crippen molar-refractivity contribution in [3.05, 3.63) is 11.6 Å². The molecule has 3 fully saturated rings. The lowest BCUT2D eigenvalue weighted by molar-refractivity contribution is -0.125. The highest BCUT2D eigenvalue weighted by Gasteiger charge is 2.67. The molecule has 0 aromatic heterocycles. The SMILES string of the molecule is C#C[C@]1(O)[C@H](O)C[C@@H]2[C@@H]3CCC4=CC(=O)CC[C@@H]4[C@H]3CC[C@]21CC. The number of hydrogen-bond acceptors (Lipinski definition) is 3. The van der Waals surface area contributed by atoms with Crippen molar-refractivity contribution < 1.29 is 15.0 Å². The molecule has 0 aliphatic heterocycles. The first-order valence-electron chi connectivity index (χ1n) is 9.58. The molecule has 130 valence electrons. The van der Waals surface area contributed by atoms with Crippen LogP contribution in [-0.2, 0) is 4.79 Å². The van der Waals surface area contributed by atoms with Crippen molar-refractivity contribution in [1.82, 2.24) is 0 Å². The topological polar surface area (TPSA) is 57.5 Å². The van der Waals surface area contributed by atoms with Gasteiger partial charge in [-0.1, -0.05) is 18.4 Å². The lowest BCUT2D eigenvalue weighted by atomic mass is 9.49. The van der Waals surface area contributed by atoms with E-state index in [9.17, 15) is 15.0 Å². The Balaban J connectivity index is 1.70. The van der Waals surface area contributed by atoms with Gasteiger partial charge in [0.25, 0.3) is 0 Å². The van der Waals surface area contributed by atoms with Crippen LogP contribution in [0.3, 0.4) is 0 Å². The summed E-state index contributed by atoms with van der Waals surface area (Å²) >= 11 is 0. The van der Waals surface area contributed by atoms with Crippen LogP contribution in [0.25, 0.3) is 0 Å². The van der Waals surface area contributed by atoms with Gasteiger partial charge >= 0.3 is 0 Å². The van der Waals surface area contributed by atoms with Crippen molar-refractivity contribution in [3.8, 4) is 12.3 Å². The van der Waals surface area contributed by atoms with Crippen LogP contribution in [-0.4, -0.2) is 27.7 Å². The number of carbonyl (C=O) groups excluding carboxylic acids is 1. The fraction of sp³-hybridized carbons (Fsp3) is 0.762. The third-order valence-electron chi connectivity index (χ3n) is 8.08. The highest BCUT2D eigenvalue weighted by atomic mass is 16.3. The van der Waals surface area contributed by atoms with E-state index in [4.69, 9.17) is 6.42 Å². The van der Waals surface area contributed by atoms with E-state index in [1.54, 1.807) is 0 Å². The summed E-state index contributed by atoms with van der Waals surface area (Å²) in [5.41, 5.74) is -0.355. The van der Waals surface area contributed by atoms with Gasteiger partial charge in [-0.25, -0.2) is 0 Å². The maximum Gasteiger partial charge on any atom is 0.156 e. The second-order valence-corrected chi connectivity index (χ2v) is 8.51. The van der Waals surface area contributed by atoms with E-state index in [0.29, 0.717) is 36.5 Å². The highest BCUT2D eigenvalue weighted by Crippen LogP contribution is 2.66. The fourth-order valence-electron chi connectivity index (χ4n) is 6.96. The number of fused-ring (bicyclic) bond motifs is 5. The number of carbonyl (C=O) groups is 1. The van der Waals surface area contributed by atoms with Gasteiger partial charge in [-0.3, -0.25) is 4.79 Å². The van der Waals surface area contributed by atoms with Crippen LogP contribution in [0, 0.1) is 41.4 Å². The Hall–Kier alpha value is -1.11. The normalized spacial score (nSPS) is 50.3. The van der Waals surface area contributed by atoms with Crippen LogP contribution in [0.15, 0.2) is 11.6 Å². The van der Waals surface area contributed by atoms with E-state index in [2.05, 4.69) is 12.8 Å². The van der Waals surface area contributed by atoms with Crippen molar-refractivity contribution in [2.24, 2.45) is 29.1 Å². The first kappa shape index (κ1) is 16.4. The summed E-state index contributed by atoms with van der Waals surface area (Å²) in [7, 11) is 0. The van der Waals surface area contributed by atoms with E-state index in [0.717, 1.165) is 38.5 Å². The average molecular weight is 328 g/mol. The molecule has 0 radical (unpaired) electrons. The average Bonchev–Trinajstić information content (AvgIpc) is 2.83. The molecule has 4 aliphatic rings. The van der Waals surface area contributed by atoms with Gasteiger partial charge in [0.2, 0.25) is 0 Å². The van der Waals surface area contributed by atoms with Crippen LogP contribution >= 0.6 is 0 Å². The molecule has 4 aliphatic carbocycles. The van der Waals surface area contributed by atoms with E-state index in [1.165, 1.54) is 5.57 Å². The van der Waals surface area contributed by atoms with Gasteiger partial charge in [0, 0.05) is 11.8 Å². The van der Waals surface area contributed by atoms with Gasteiger partial charge in [-0.05, 0) is 74.7 Å². The molecule has 4 rings (SSSR count). The third kappa shape index (κ3) is 1.90. The lowest BCUT2D eigenvalue weighted by Gasteiger charge is -2.55. The molecule has 24 heavy (non-hydrogen) atoms. The molecule has 0 bridgehead atoms. The molecule has 0 aromatic carbocycles. The van der Waals surface area contributed by atoms with Gasteiger partial charge in [0.15, 0.2) is 11.4 Å². The van der Waals surface area contributed by atoms with Crippen molar-refractivity contribution in [3.63, 3.8) is 0 Å². The standard InChI is InChI=1S/C21H28O3/c1-3-20-10-9-16-15-8-6-14(22)11-13(15)5-7-17(16)18(20)12-19(23)21(20,24)4-2/h2,11,15-19,23-24H,3,5-10,12H2,1H3/t15-,16+,17+,18+,19+,20+,21-/m0/s1. The second kappa shape index (κ2) is 5.44. The molecule has 3 nitrogen and oxygen atoms in total. The molecule has 0 unspecified atom stereocenters. The summed E-state index contributed by atoms with van der Waals surface area (Å²) < 4.78 is 0. The summed E-state index contributed by atoms with van der Waals surface area (Å²) in [6, 6.07) is 0. The minimum atomic E-state index is -1.38. The Morgan fingerprint density at radius 3 is 2.79 bits per heavy atom. The molecule has 0 aromatic rings. The Morgan fingerprint density at radius 2 is 2.08 bits per heavy atom. The molecular weight excluding hydrogens is 300 g/mol. The van der Waals surface area contributed by atoms with Crippen LogP contribution in [0.5, 0.6) is 0 Å². The number of aliphatic hydroxyl groups excluding tert-OH is 1. The lowest BCUT2D eigenvalue weighted by Crippen LogP contribution is -2.55. The van der Waals surface area contributed by atoms with Gasteiger partial charge < -0.3 is 10.2 Å². The molecule has 0 amide bonds. The molecule has 3 heteroatoms. The van der Waals surface area contributed by atoms with E-state index < -0.39 is 11.7 Å². The minimum Gasteiger partial charge on any atom is -0.389 e. The zero-order valence-corrected chi connectivity index (χ0v) is 14.5. The van der Waals surface area contributed by atoms with Crippen LogP contribution in [0.4, 0.5) is 0 Å². The number of aliphatic hydroxyl groups is 2. The number of terminal acetylenes is 1. The van der Waals surface area contributed by atoms with Crippen molar-refractivity contribution in [1.29, 1.82) is 0 Å². The Bertz CT molecular complexity index is 629. The van der Waals surface area contributed by atoms with Crippen molar-refractivity contribution in [2.75, 3.05) is 0 Å². The Kier molecular flexibility index (Phi) is 3.71. The zero-order chi connectivity index (χ0) is 17.1. The zero-order valence-electron chi connectivity index (χ0n) is 14.5. The number of allylic oxidation sites excluding steroid dienone is 1. The Labute approximate surface area is 144 Å². The molecule has 3 saturated carbocycles. The molecule has 7 atom stereocenters. The number of rotatable bonds is 1. The predicted molar refractivity (Wildman–Crippen MR) is 91.9 cm³/mol. The van der Waals surface area contributed by atoms with Gasteiger partial charge in [0.1, 0.15) is 0 Å². The smallest absolute Gasteiger partial charge is 0.156 e. The van der Waals surface area contributed by atoms with E-state index >= 15 is 0 Å². The minimum absolute atomic E-state index is 0.288. The summed E-state index contributed by atoms with van der Waals surface area (Å²) in [5.74, 6) is 4.83. The van der Waals surface area contributed by atoms with E-state index in [1.807, 2.05) is 6.08 Å². The summed E-state index contributed by atoms with van der Waals surface area (Å²) in [4.78, 5) is 11.8. The highest BCUT2D eigenvalue weighted by molar-refractivity contribution is 5.91. The van der Waals surface area contributed by atoms with Crippen LogP contribution in [0.1, 0.15) is 58.3 Å². The Morgan fingerprint density at radius 1 is 1.29 bits per heavy atom. The van der Waals surface area contributed by atoms with Gasteiger partial charge in [-0.15, -0.1) is 6.42 Å². The summed E-state index contributed by atoms with van der Waals surface area (Å²) in [6.45, 7) is 2.11. The molecule has 0 heterocycles. The monoisotopic (exact) mass is 328 g/mol. The van der Waals surface area contributed by atoms with Crippen molar-refractivity contribution in [2.45, 2.75) is 70.0 Å². The molecule has 0 saturated heterocycles. The first-order valence-corrected chi connectivity index (χ1v) is 9.58. The second-order valence-electron chi connectivity index (χ2n) is 8.51. The summed E-state index contributed by atoms with van der Waals surface area (Å²) in [5, 5.41) is 21.7. The van der Waals surface area contributed by atoms with Crippen LogP contribution < -0.4 is 0 Å². The maximum absolute atomic E-state index is 11.8. The summed E-state index contributed by atoms with van der Waals surface area (Å²) in [6.07, 6.45) is 13.9. The maximum atomic E-state index is 11.8. The first-order chi connectivity index (χ1) is 11.5. The third-order valence-corrected chi connectivity index (χ3v) is 8.08. The number of hydrogen-bond donors (Lipinski definition) is 2. The quantitative estimate of drug-likeness (QED) is 0.728. The van der Waals surface area contributed by atoms with Crippen molar-refractivity contribution >= 4 is 5.78 Å². The predicted octanol–water partition coefficient (Wildman–Crippen LogP) is 2.85. The molecule has 0 spiro atoms. The van der Waals surface area contributed by atoms with Gasteiger partial charge in [0.05, 0.1) is 6.10 Å².